The molecule has 1 aliphatic carbocycles. The second-order valence-electron chi connectivity index (χ2n) is 10.1. The summed E-state index contributed by atoms with van der Waals surface area (Å²) >= 11 is 3.60. The van der Waals surface area contributed by atoms with Gasteiger partial charge in [0.2, 0.25) is 5.91 Å². The van der Waals surface area contributed by atoms with Crippen molar-refractivity contribution in [1.82, 2.24) is 24.6 Å². The fraction of sp³-hybridized carbons (Fsp3) is 0.276. The van der Waals surface area contributed by atoms with E-state index in [4.69, 9.17) is 4.98 Å². The average Bonchev–Trinajstić information content (AvgIpc) is 3.30. The molecular weight excluding hydrogens is 514 g/mol. The van der Waals surface area contributed by atoms with Gasteiger partial charge in [0.15, 0.2) is 0 Å². The van der Waals surface area contributed by atoms with Gasteiger partial charge in [-0.25, -0.2) is 4.98 Å². The van der Waals surface area contributed by atoms with E-state index in [1.165, 1.54) is 0 Å². The number of fused-ring (bicyclic) bond motifs is 2. The number of carbonyl (C=O) groups is 1. The van der Waals surface area contributed by atoms with Crippen molar-refractivity contribution in [3.8, 4) is 22.5 Å². The number of halogens is 1. The summed E-state index contributed by atoms with van der Waals surface area (Å²) < 4.78 is 3.38. The molecule has 0 spiro atoms. The Morgan fingerprint density at radius 1 is 0.972 bits per heavy atom. The maximum Gasteiger partial charge on any atom is 0.225 e. The number of H-pyrrole nitrogens is 1. The van der Waals surface area contributed by atoms with E-state index in [9.17, 15) is 4.79 Å². The highest BCUT2D eigenvalue weighted by Crippen LogP contribution is 2.35. The van der Waals surface area contributed by atoms with E-state index in [1.54, 1.807) is 0 Å². The van der Waals surface area contributed by atoms with Crippen LogP contribution < -0.4 is 0 Å². The number of likely N-dealkylation sites (tertiary alicyclic amines) is 1. The normalized spacial score (nSPS) is 17.9. The van der Waals surface area contributed by atoms with Crippen molar-refractivity contribution in [1.29, 1.82) is 0 Å². The number of imidazole rings is 1. The SMILES string of the molecule is O=C(C1CC1)N1CC[C@@H](Cn2c(-c3ccc(-c4ccc5cn[nH]c5c4)cc3)nc3cc(Br)ccc32)C1. The van der Waals surface area contributed by atoms with Crippen LogP contribution in [0.4, 0.5) is 0 Å². The molecule has 7 heteroatoms. The fourth-order valence-electron chi connectivity index (χ4n) is 5.47. The molecule has 2 fully saturated rings. The molecule has 7 rings (SSSR count). The molecule has 3 heterocycles. The van der Waals surface area contributed by atoms with Crippen LogP contribution in [-0.2, 0) is 11.3 Å². The van der Waals surface area contributed by atoms with E-state index in [-0.39, 0.29) is 0 Å². The topological polar surface area (TPSA) is 66.8 Å². The van der Waals surface area contributed by atoms with Gasteiger partial charge in [0.05, 0.1) is 22.7 Å². The highest BCUT2D eigenvalue weighted by atomic mass is 79.9. The van der Waals surface area contributed by atoms with Gasteiger partial charge in [-0.2, -0.15) is 5.10 Å². The van der Waals surface area contributed by atoms with Crippen LogP contribution in [0.1, 0.15) is 19.3 Å². The molecule has 0 radical (unpaired) electrons. The van der Waals surface area contributed by atoms with Crippen molar-refractivity contribution in [2.45, 2.75) is 25.8 Å². The number of rotatable bonds is 5. The third-order valence-electron chi connectivity index (χ3n) is 7.59. The molecule has 1 aliphatic heterocycles. The Hall–Kier alpha value is -3.45. The monoisotopic (exact) mass is 539 g/mol. The van der Waals surface area contributed by atoms with Gasteiger partial charge in [0.25, 0.3) is 0 Å². The Morgan fingerprint density at radius 2 is 1.78 bits per heavy atom. The van der Waals surface area contributed by atoms with E-state index in [0.717, 1.165) is 87.8 Å². The fourth-order valence-corrected chi connectivity index (χ4v) is 5.81. The van der Waals surface area contributed by atoms with E-state index in [0.29, 0.717) is 17.7 Å². The van der Waals surface area contributed by atoms with E-state index < -0.39 is 0 Å². The number of nitrogens with one attached hydrogen (secondary N) is 1. The molecule has 3 aromatic carbocycles. The summed E-state index contributed by atoms with van der Waals surface area (Å²) in [4.78, 5) is 19.7. The van der Waals surface area contributed by atoms with E-state index >= 15 is 0 Å². The average molecular weight is 540 g/mol. The third-order valence-corrected chi connectivity index (χ3v) is 8.09. The minimum Gasteiger partial charge on any atom is -0.342 e. The summed E-state index contributed by atoms with van der Waals surface area (Å²) in [5, 5.41) is 8.30. The lowest BCUT2D eigenvalue weighted by Gasteiger charge is -2.18. The summed E-state index contributed by atoms with van der Waals surface area (Å²) in [6.45, 7) is 2.59. The first-order valence-corrected chi connectivity index (χ1v) is 13.4. The second kappa shape index (κ2) is 8.59. The van der Waals surface area contributed by atoms with Gasteiger partial charge in [-0.3, -0.25) is 9.89 Å². The van der Waals surface area contributed by atoms with Crippen molar-refractivity contribution >= 4 is 43.8 Å². The summed E-state index contributed by atoms with van der Waals surface area (Å²) in [6.07, 6.45) is 5.02. The Morgan fingerprint density at radius 3 is 2.61 bits per heavy atom. The summed E-state index contributed by atoms with van der Waals surface area (Å²) in [5.74, 6) is 2.07. The Kier molecular flexibility index (Phi) is 5.20. The molecule has 6 nitrogen and oxygen atoms in total. The molecule has 1 saturated heterocycles. The minimum absolute atomic E-state index is 0.290. The molecule has 1 N–H and O–H groups in total. The zero-order valence-electron chi connectivity index (χ0n) is 19.8. The largest absolute Gasteiger partial charge is 0.342 e. The minimum atomic E-state index is 0.290. The van der Waals surface area contributed by atoms with E-state index in [1.807, 2.05) is 6.20 Å². The van der Waals surface area contributed by atoms with Gasteiger partial charge in [0.1, 0.15) is 5.82 Å². The number of benzene rings is 3. The first-order valence-electron chi connectivity index (χ1n) is 12.6. The van der Waals surface area contributed by atoms with Crippen LogP contribution in [0, 0.1) is 11.8 Å². The van der Waals surface area contributed by atoms with Gasteiger partial charge in [-0.05, 0) is 60.6 Å². The highest BCUT2D eigenvalue weighted by molar-refractivity contribution is 9.10. The number of aromatic nitrogens is 4. The molecule has 0 unspecified atom stereocenters. The lowest BCUT2D eigenvalue weighted by atomic mass is 10.0. The molecule has 1 amide bonds. The third kappa shape index (κ3) is 3.91. The molecule has 5 aromatic rings. The number of hydrogen-bond acceptors (Lipinski definition) is 3. The Bertz CT molecular complexity index is 1600. The van der Waals surface area contributed by atoms with E-state index in [2.05, 4.69) is 96.3 Å². The van der Waals surface area contributed by atoms with Gasteiger partial charge >= 0.3 is 0 Å². The van der Waals surface area contributed by atoms with Crippen LogP contribution in [0.15, 0.2) is 71.3 Å². The predicted octanol–water partition coefficient (Wildman–Crippen LogP) is 6.27. The van der Waals surface area contributed by atoms with Crippen molar-refractivity contribution < 1.29 is 4.79 Å². The van der Waals surface area contributed by atoms with Crippen molar-refractivity contribution in [2.75, 3.05) is 13.1 Å². The predicted molar refractivity (Wildman–Crippen MR) is 145 cm³/mol. The number of hydrogen-bond donors (Lipinski definition) is 1. The van der Waals surface area contributed by atoms with Crippen LogP contribution in [-0.4, -0.2) is 43.6 Å². The number of aromatic amines is 1. The van der Waals surface area contributed by atoms with Crippen LogP contribution in [0.2, 0.25) is 0 Å². The molecule has 0 bridgehead atoms. The molecule has 180 valence electrons. The first kappa shape index (κ1) is 21.8. The molecule has 2 aliphatic rings. The van der Waals surface area contributed by atoms with Gasteiger partial charge < -0.3 is 9.47 Å². The quantitative estimate of drug-likeness (QED) is 0.286. The van der Waals surface area contributed by atoms with Gasteiger partial charge in [-0.1, -0.05) is 52.3 Å². The number of nitrogens with zero attached hydrogens (tertiary/aromatic N) is 4. The summed E-state index contributed by atoms with van der Waals surface area (Å²) in [7, 11) is 0. The lowest BCUT2D eigenvalue weighted by Crippen LogP contribution is -2.30. The second-order valence-corrected chi connectivity index (χ2v) is 11.1. The number of carbonyl (C=O) groups excluding carboxylic acids is 1. The van der Waals surface area contributed by atoms with Gasteiger partial charge in [-0.15, -0.1) is 0 Å². The molecular formula is C29H26BrN5O. The molecule has 2 aromatic heterocycles. The van der Waals surface area contributed by atoms with Crippen molar-refractivity contribution in [3.63, 3.8) is 0 Å². The number of amides is 1. The van der Waals surface area contributed by atoms with Crippen molar-refractivity contribution in [3.05, 3.63) is 71.3 Å². The molecule has 36 heavy (non-hydrogen) atoms. The molecule has 1 atom stereocenters. The Labute approximate surface area is 217 Å². The smallest absolute Gasteiger partial charge is 0.225 e. The maximum atomic E-state index is 12.6. The lowest BCUT2D eigenvalue weighted by molar-refractivity contribution is -0.131. The zero-order chi connectivity index (χ0) is 24.2. The highest BCUT2D eigenvalue weighted by Gasteiger charge is 2.36. The summed E-state index contributed by atoms with van der Waals surface area (Å²) in [5.41, 5.74) is 6.56. The standard InChI is InChI=1S/C29H26BrN5O/c30-24-9-10-27-26(14-24)32-28(35(27)17-18-11-12-34(16-18)29(36)21-5-6-21)20-3-1-19(2-4-20)22-7-8-23-15-31-33-25(23)13-22/h1-4,7-10,13-15,18,21H,5-6,11-12,16-17H2,(H,31,33)/t18-/m1/s1. The first-order chi connectivity index (χ1) is 17.6. The van der Waals surface area contributed by atoms with Crippen LogP contribution >= 0.6 is 15.9 Å². The van der Waals surface area contributed by atoms with Gasteiger partial charge in [0, 0.05) is 41.0 Å². The van der Waals surface area contributed by atoms with Crippen LogP contribution in [0.5, 0.6) is 0 Å². The van der Waals surface area contributed by atoms with Crippen molar-refractivity contribution in [2.24, 2.45) is 11.8 Å². The van der Waals surface area contributed by atoms with Crippen LogP contribution in [0.25, 0.3) is 44.5 Å². The van der Waals surface area contributed by atoms with Crippen LogP contribution in [0.3, 0.4) is 0 Å². The zero-order valence-corrected chi connectivity index (χ0v) is 21.4. The maximum absolute atomic E-state index is 12.6. The molecule has 1 saturated carbocycles. The summed E-state index contributed by atoms with van der Waals surface area (Å²) in [6, 6.07) is 21.3. The Balaban J connectivity index is 1.21.